The number of halogens is 3. The highest BCUT2D eigenvalue weighted by atomic mass is 19.2. The topological polar surface area (TPSA) is 87.7 Å². The largest absolute Gasteiger partial charge is 0.444 e. The van der Waals surface area contributed by atoms with Crippen LogP contribution in [0.4, 0.5) is 18.0 Å². The number of ether oxygens (including phenoxy) is 1. The number of piperidine rings is 1. The van der Waals surface area contributed by atoms with Crippen molar-refractivity contribution < 1.29 is 32.3 Å². The molecule has 1 saturated heterocycles. The summed E-state index contributed by atoms with van der Waals surface area (Å²) < 4.78 is 45.2. The fourth-order valence-electron chi connectivity index (χ4n) is 2.83. The van der Waals surface area contributed by atoms with Crippen LogP contribution in [0.3, 0.4) is 0 Å². The minimum Gasteiger partial charge on any atom is -0.444 e. The van der Waals surface area contributed by atoms with E-state index in [0.29, 0.717) is 18.9 Å². The van der Waals surface area contributed by atoms with Crippen molar-refractivity contribution in [3.63, 3.8) is 0 Å². The fraction of sp³-hybridized carbons (Fsp3) is 0.526. The molecule has 3 amide bonds. The van der Waals surface area contributed by atoms with Gasteiger partial charge in [-0.1, -0.05) is 0 Å². The van der Waals surface area contributed by atoms with Gasteiger partial charge < -0.3 is 20.3 Å². The molecular weight excluding hydrogens is 391 g/mol. The molecule has 1 aromatic rings. The molecule has 0 spiro atoms. The van der Waals surface area contributed by atoms with Gasteiger partial charge in [-0.15, -0.1) is 0 Å². The van der Waals surface area contributed by atoms with Crippen LogP contribution >= 0.6 is 0 Å². The number of carbonyl (C=O) groups is 3. The molecule has 7 nitrogen and oxygen atoms in total. The molecule has 0 bridgehead atoms. The highest BCUT2D eigenvalue weighted by Crippen LogP contribution is 2.19. The van der Waals surface area contributed by atoms with Crippen molar-refractivity contribution in [2.75, 3.05) is 19.6 Å². The lowest BCUT2D eigenvalue weighted by molar-refractivity contribution is -0.121. The molecule has 2 rings (SSSR count). The van der Waals surface area contributed by atoms with Gasteiger partial charge in [-0.2, -0.15) is 0 Å². The van der Waals surface area contributed by atoms with Crippen LogP contribution in [0.2, 0.25) is 0 Å². The predicted octanol–water partition coefficient (Wildman–Crippen LogP) is 2.35. The minimum atomic E-state index is -1.68. The van der Waals surface area contributed by atoms with E-state index in [1.165, 1.54) is 4.90 Å². The van der Waals surface area contributed by atoms with Gasteiger partial charge in [-0.3, -0.25) is 9.59 Å². The normalized spacial score (nSPS) is 15.0. The maximum absolute atomic E-state index is 13.8. The second-order valence-corrected chi connectivity index (χ2v) is 7.71. The second-order valence-electron chi connectivity index (χ2n) is 7.71. The molecule has 0 unspecified atom stereocenters. The van der Waals surface area contributed by atoms with Gasteiger partial charge in [0.1, 0.15) is 12.1 Å². The molecule has 1 aliphatic heterocycles. The Morgan fingerprint density at radius 1 is 1.10 bits per heavy atom. The van der Waals surface area contributed by atoms with Crippen LogP contribution in [0.1, 0.15) is 44.0 Å². The van der Waals surface area contributed by atoms with Crippen molar-refractivity contribution in [3.8, 4) is 0 Å². The molecular formula is C19H24F3N3O4. The summed E-state index contributed by atoms with van der Waals surface area (Å²) in [5.74, 6) is -5.71. The van der Waals surface area contributed by atoms with Crippen molar-refractivity contribution in [1.29, 1.82) is 0 Å². The van der Waals surface area contributed by atoms with Gasteiger partial charge in [0.15, 0.2) is 17.5 Å². The first kappa shape index (κ1) is 22.5. The number of hydrogen-bond donors (Lipinski definition) is 2. The van der Waals surface area contributed by atoms with Gasteiger partial charge in [0.05, 0.1) is 5.56 Å². The lowest BCUT2D eigenvalue weighted by Crippen LogP contribution is -2.49. The zero-order chi connectivity index (χ0) is 21.8. The summed E-state index contributed by atoms with van der Waals surface area (Å²) in [5.41, 5.74) is -1.21. The molecule has 0 saturated carbocycles. The number of amides is 3. The third kappa shape index (κ3) is 6.37. The first-order chi connectivity index (χ1) is 13.5. The Balaban J connectivity index is 1.80. The van der Waals surface area contributed by atoms with E-state index in [-0.39, 0.29) is 25.7 Å². The number of hydrogen-bond acceptors (Lipinski definition) is 4. The molecule has 0 aromatic heterocycles. The summed E-state index contributed by atoms with van der Waals surface area (Å²) in [7, 11) is 0. The Bertz CT molecular complexity index is 788. The summed E-state index contributed by atoms with van der Waals surface area (Å²) in [5, 5.41) is 5.08. The molecule has 0 radical (unpaired) electrons. The zero-order valence-corrected chi connectivity index (χ0v) is 16.5. The Kier molecular flexibility index (Phi) is 7.10. The average Bonchev–Trinajstić information content (AvgIpc) is 2.63. The second kappa shape index (κ2) is 9.15. The SMILES string of the molecule is CC(C)(C)OC(=O)NCC(=O)NC1CCN(C(=O)c2ccc(F)c(F)c2F)CC1. The van der Waals surface area contributed by atoms with E-state index in [4.69, 9.17) is 4.74 Å². The van der Waals surface area contributed by atoms with E-state index in [9.17, 15) is 27.6 Å². The molecule has 29 heavy (non-hydrogen) atoms. The molecule has 10 heteroatoms. The number of carbonyl (C=O) groups excluding carboxylic acids is 3. The van der Waals surface area contributed by atoms with Crippen LogP contribution in [-0.4, -0.2) is 54.1 Å². The van der Waals surface area contributed by atoms with E-state index in [1.807, 2.05) is 0 Å². The van der Waals surface area contributed by atoms with Crippen molar-refractivity contribution in [2.24, 2.45) is 0 Å². The third-order valence-electron chi connectivity index (χ3n) is 4.21. The van der Waals surface area contributed by atoms with E-state index < -0.39 is 46.5 Å². The molecule has 0 atom stereocenters. The smallest absolute Gasteiger partial charge is 0.408 e. The average molecular weight is 415 g/mol. The zero-order valence-electron chi connectivity index (χ0n) is 16.5. The lowest BCUT2D eigenvalue weighted by Gasteiger charge is -2.32. The summed E-state index contributed by atoms with van der Waals surface area (Å²) in [6.45, 7) is 5.27. The van der Waals surface area contributed by atoms with E-state index in [1.54, 1.807) is 20.8 Å². The van der Waals surface area contributed by atoms with Gasteiger partial charge >= 0.3 is 6.09 Å². The van der Waals surface area contributed by atoms with Crippen molar-refractivity contribution in [3.05, 3.63) is 35.1 Å². The predicted molar refractivity (Wildman–Crippen MR) is 97.6 cm³/mol. The van der Waals surface area contributed by atoms with Gasteiger partial charge in [-0.05, 0) is 45.7 Å². The Hall–Kier alpha value is -2.78. The highest BCUT2D eigenvalue weighted by Gasteiger charge is 2.28. The van der Waals surface area contributed by atoms with Gasteiger partial charge in [0.2, 0.25) is 5.91 Å². The van der Waals surface area contributed by atoms with Crippen molar-refractivity contribution >= 4 is 17.9 Å². The first-order valence-corrected chi connectivity index (χ1v) is 9.17. The van der Waals surface area contributed by atoms with Crippen LogP contribution < -0.4 is 10.6 Å². The number of nitrogens with one attached hydrogen (secondary N) is 2. The minimum absolute atomic E-state index is 0.210. The highest BCUT2D eigenvalue weighted by molar-refractivity contribution is 5.94. The van der Waals surface area contributed by atoms with E-state index in [2.05, 4.69) is 10.6 Å². The van der Waals surface area contributed by atoms with Crippen LogP contribution in [-0.2, 0) is 9.53 Å². The molecule has 1 aliphatic rings. The van der Waals surface area contributed by atoms with Crippen molar-refractivity contribution in [2.45, 2.75) is 45.3 Å². The standard InChI is InChI=1S/C19H24F3N3O4/c1-19(2,3)29-18(28)23-10-14(26)24-11-6-8-25(9-7-11)17(27)12-4-5-13(20)16(22)15(12)21/h4-5,11H,6-10H2,1-3H3,(H,23,28)(H,24,26). The number of rotatable bonds is 4. The summed E-state index contributed by atoms with van der Waals surface area (Å²) in [6.07, 6.45) is 0.0892. The Morgan fingerprint density at radius 3 is 2.31 bits per heavy atom. The number of benzene rings is 1. The summed E-state index contributed by atoms with van der Waals surface area (Å²) in [4.78, 5) is 37.2. The quantitative estimate of drug-likeness (QED) is 0.739. The number of likely N-dealkylation sites (tertiary alicyclic amines) is 1. The van der Waals surface area contributed by atoms with Gasteiger partial charge in [-0.25, -0.2) is 18.0 Å². The van der Waals surface area contributed by atoms with E-state index in [0.717, 1.165) is 6.07 Å². The summed E-state index contributed by atoms with van der Waals surface area (Å²) >= 11 is 0. The van der Waals surface area contributed by atoms with Crippen LogP contribution in [0, 0.1) is 17.5 Å². The van der Waals surface area contributed by atoms with E-state index >= 15 is 0 Å². The first-order valence-electron chi connectivity index (χ1n) is 9.17. The molecule has 0 aliphatic carbocycles. The van der Waals surface area contributed by atoms with Crippen molar-refractivity contribution in [1.82, 2.24) is 15.5 Å². The molecule has 1 heterocycles. The van der Waals surface area contributed by atoms with Crippen LogP contribution in [0.5, 0.6) is 0 Å². The Labute approximate surface area is 166 Å². The molecule has 160 valence electrons. The van der Waals surface area contributed by atoms with Crippen LogP contribution in [0.25, 0.3) is 0 Å². The third-order valence-corrected chi connectivity index (χ3v) is 4.21. The fourth-order valence-corrected chi connectivity index (χ4v) is 2.83. The lowest BCUT2D eigenvalue weighted by atomic mass is 10.0. The number of nitrogens with zero attached hydrogens (tertiary/aromatic N) is 1. The number of alkyl carbamates (subject to hydrolysis) is 1. The molecule has 2 N–H and O–H groups in total. The van der Waals surface area contributed by atoms with Gasteiger partial charge in [0, 0.05) is 19.1 Å². The summed E-state index contributed by atoms with van der Waals surface area (Å²) in [6, 6.07) is 1.38. The van der Waals surface area contributed by atoms with Crippen LogP contribution in [0.15, 0.2) is 12.1 Å². The van der Waals surface area contributed by atoms with Gasteiger partial charge in [0.25, 0.3) is 5.91 Å². The Morgan fingerprint density at radius 2 is 1.72 bits per heavy atom. The molecule has 1 aromatic carbocycles. The monoisotopic (exact) mass is 415 g/mol. The maximum atomic E-state index is 13.8. The maximum Gasteiger partial charge on any atom is 0.408 e. The molecule has 1 fully saturated rings.